The van der Waals surface area contributed by atoms with Crippen LogP contribution in [0.15, 0.2) is 18.2 Å². The molecule has 6 heteroatoms. The van der Waals surface area contributed by atoms with Crippen LogP contribution in [0.3, 0.4) is 0 Å². The van der Waals surface area contributed by atoms with E-state index < -0.39 is 0 Å². The van der Waals surface area contributed by atoms with Crippen molar-refractivity contribution in [1.29, 1.82) is 0 Å². The Morgan fingerprint density at radius 1 is 1.30 bits per heavy atom. The van der Waals surface area contributed by atoms with Gasteiger partial charge in [0, 0.05) is 19.2 Å². The van der Waals surface area contributed by atoms with E-state index in [1.54, 1.807) is 11.9 Å². The van der Waals surface area contributed by atoms with Gasteiger partial charge >= 0.3 is 0 Å². The number of nitrogens with two attached hydrogens (primary N) is 1. The summed E-state index contributed by atoms with van der Waals surface area (Å²) in [5.41, 5.74) is 8.40. The van der Waals surface area contributed by atoms with E-state index in [9.17, 15) is 9.59 Å². The first kappa shape index (κ1) is 14.5. The van der Waals surface area contributed by atoms with Gasteiger partial charge in [0.05, 0.1) is 6.54 Å². The first-order valence-electron chi connectivity index (χ1n) is 6.29. The predicted molar refractivity (Wildman–Crippen MR) is 80.1 cm³/mol. The lowest BCUT2D eigenvalue weighted by atomic mass is 10.0. The molecule has 0 unspecified atom stereocenters. The fourth-order valence-corrected chi connectivity index (χ4v) is 2.27. The minimum absolute atomic E-state index is 0.0371. The largest absolute Gasteiger partial charge is 0.389 e. The standard InChI is InChI=1S/C14H17N3O2S/c1-9-5-10(14(15)20)3-4-11(9)6-17-8-12(18)16(2)7-13(17)19/h3-5H,6-8H2,1-2H3,(H2,15,20). The Hall–Kier alpha value is -1.95. The van der Waals surface area contributed by atoms with Crippen LogP contribution in [0, 0.1) is 6.92 Å². The minimum atomic E-state index is -0.0398. The number of hydrogen-bond donors (Lipinski definition) is 1. The third-order valence-electron chi connectivity index (χ3n) is 3.47. The lowest BCUT2D eigenvalue weighted by Crippen LogP contribution is -2.51. The second-order valence-electron chi connectivity index (χ2n) is 5.01. The Labute approximate surface area is 123 Å². The highest BCUT2D eigenvalue weighted by Crippen LogP contribution is 2.15. The molecule has 1 saturated heterocycles. The van der Waals surface area contributed by atoms with Crippen molar-refractivity contribution in [3.8, 4) is 0 Å². The van der Waals surface area contributed by atoms with Crippen molar-refractivity contribution in [1.82, 2.24) is 9.80 Å². The first-order valence-corrected chi connectivity index (χ1v) is 6.70. The fourth-order valence-electron chi connectivity index (χ4n) is 2.14. The van der Waals surface area contributed by atoms with E-state index in [2.05, 4.69) is 0 Å². The Morgan fingerprint density at radius 2 is 2.00 bits per heavy atom. The molecule has 1 aliphatic rings. The molecule has 1 aliphatic heterocycles. The average Bonchev–Trinajstić information content (AvgIpc) is 2.37. The number of carbonyl (C=O) groups excluding carboxylic acids is 2. The highest BCUT2D eigenvalue weighted by Gasteiger charge is 2.27. The van der Waals surface area contributed by atoms with Gasteiger partial charge in [-0.25, -0.2) is 0 Å². The van der Waals surface area contributed by atoms with E-state index in [4.69, 9.17) is 18.0 Å². The number of rotatable bonds is 3. The van der Waals surface area contributed by atoms with Crippen LogP contribution in [0.1, 0.15) is 16.7 Å². The molecule has 20 heavy (non-hydrogen) atoms. The Kier molecular flexibility index (Phi) is 4.04. The van der Waals surface area contributed by atoms with Crippen molar-refractivity contribution in [2.45, 2.75) is 13.5 Å². The smallest absolute Gasteiger partial charge is 0.242 e. The van der Waals surface area contributed by atoms with Crippen LogP contribution in [0.25, 0.3) is 0 Å². The van der Waals surface area contributed by atoms with Crippen molar-refractivity contribution < 1.29 is 9.59 Å². The number of nitrogens with zero attached hydrogens (tertiary/aromatic N) is 2. The van der Waals surface area contributed by atoms with E-state index in [0.717, 1.165) is 16.7 Å². The number of likely N-dealkylation sites (N-methyl/N-ethyl adjacent to an activating group) is 1. The Balaban J connectivity index is 2.16. The maximum atomic E-state index is 11.9. The summed E-state index contributed by atoms with van der Waals surface area (Å²) in [6.45, 7) is 2.65. The number of amides is 2. The van der Waals surface area contributed by atoms with E-state index in [-0.39, 0.29) is 24.9 Å². The molecule has 1 aromatic rings. The van der Waals surface area contributed by atoms with Crippen LogP contribution in [-0.2, 0) is 16.1 Å². The molecule has 5 nitrogen and oxygen atoms in total. The maximum absolute atomic E-state index is 11.9. The zero-order valence-electron chi connectivity index (χ0n) is 11.5. The van der Waals surface area contributed by atoms with Crippen LogP contribution < -0.4 is 5.73 Å². The summed E-state index contributed by atoms with van der Waals surface area (Å²) in [5.74, 6) is -0.0769. The van der Waals surface area contributed by atoms with Gasteiger partial charge in [0.15, 0.2) is 0 Å². The van der Waals surface area contributed by atoms with Crippen LogP contribution >= 0.6 is 12.2 Å². The van der Waals surface area contributed by atoms with Crippen molar-refractivity contribution in [3.63, 3.8) is 0 Å². The second kappa shape index (κ2) is 5.58. The van der Waals surface area contributed by atoms with Gasteiger partial charge in [0.1, 0.15) is 11.5 Å². The first-order chi connectivity index (χ1) is 9.38. The number of thiocarbonyl (C=S) groups is 1. The van der Waals surface area contributed by atoms with Gasteiger partial charge in [-0.15, -0.1) is 0 Å². The summed E-state index contributed by atoms with van der Waals surface area (Å²) in [4.78, 5) is 27.0. The fraction of sp³-hybridized carbons (Fsp3) is 0.357. The van der Waals surface area contributed by atoms with Gasteiger partial charge in [-0.1, -0.05) is 24.4 Å². The van der Waals surface area contributed by atoms with E-state index >= 15 is 0 Å². The molecule has 0 spiro atoms. The molecule has 1 fully saturated rings. The number of hydrogen-bond acceptors (Lipinski definition) is 3. The highest BCUT2D eigenvalue weighted by atomic mass is 32.1. The molecule has 0 aliphatic carbocycles. The second-order valence-corrected chi connectivity index (χ2v) is 5.44. The van der Waals surface area contributed by atoms with E-state index in [1.807, 2.05) is 25.1 Å². The molecular formula is C14H17N3O2S. The molecule has 0 aromatic heterocycles. The van der Waals surface area contributed by atoms with Crippen molar-refractivity contribution in [2.24, 2.45) is 5.73 Å². The van der Waals surface area contributed by atoms with Crippen molar-refractivity contribution >= 4 is 29.0 Å². The van der Waals surface area contributed by atoms with Gasteiger partial charge in [0.2, 0.25) is 11.8 Å². The lowest BCUT2D eigenvalue weighted by Gasteiger charge is -2.32. The van der Waals surface area contributed by atoms with Gasteiger partial charge in [-0.3, -0.25) is 9.59 Å². The third kappa shape index (κ3) is 2.96. The van der Waals surface area contributed by atoms with Crippen LogP contribution in [0.2, 0.25) is 0 Å². The highest BCUT2D eigenvalue weighted by molar-refractivity contribution is 7.80. The SMILES string of the molecule is Cc1cc(C(N)=S)ccc1CN1CC(=O)N(C)CC1=O. The zero-order valence-corrected chi connectivity index (χ0v) is 12.4. The summed E-state index contributed by atoms with van der Waals surface area (Å²) >= 11 is 4.94. The topological polar surface area (TPSA) is 66.6 Å². The molecule has 2 N–H and O–H groups in total. The summed E-state index contributed by atoms with van der Waals surface area (Å²) in [5, 5.41) is 0. The molecule has 1 heterocycles. The minimum Gasteiger partial charge on any atom is -0.389 e. The van der Waals surface area contributed by atoms with Gasteiger partial charge in [-0.2, -0.15) is 0 Å². The van der Waals surface area contributed by atoms with Crippen molar-refractivity contribution in [3.05, 3.63) is 34.9 Å². The van der Waals surface area contributed by atoms with Crippen LogP contribution in [-0.4, -0.2) is 46.7 Å². The molecular weight excluding hydrogens is 274 g/mol. The zero-order chi connectivity index (χ0) is 14.9. The number of aryl methyl sites for hydroxylation is 1. The molecule has 2 rings (SSSR count). The molecule has 0 radical (unpaired) electrons. The van der Waals surface area contributed by atoms with Gasteiger partial charge in [-0.05, 0) is 24.1 Å². The molecule has 0 saturated carbocycles. The quantitative estimate of drug-likeness (QED) is 0.820. The van der Waals surface area contributed by atoms with E-state index in [1.165, 1.54) is 4.90 Å². The summed E-state index contributed by atoms with van der Waals surface area (Å²) in [6.07, 6.45) is 0. The molecule has 2 amide bonds. The van der Waals surface area contributed by atoms with E-state index in [0.29, 0.717) is 11.5 Å². The molecule has 1 aromatic carbocycles. The molecule has 0 atom stereocenters. The molecule has 0 bridgehead atoms. The van der Waals surface area contributed by atoms with Crippen LogP contribution in [0.4, 0.5) is 0 Å². The van der Waals surface area contributed by atoms with Crippen molar-refractivity contribution in [2.75, 3.05) is 20.1 Å². The van der Waals surface area contributed by atoms with Gasteiger partial charge < -0.3 is 15.5 Å². The lowest BCUT2D eigenvalue weighted by molar-refractivity contribution is -0.149. The van der Waals surface area contributed by atoms with Crippen LogP contribution in [0.5, 0.6) is 0 Å². The third-order valence-corrected chi connectivity index (χ3v) is 3.70. The molecule has 106 valence electrons. The normalized spacial score (nSPS) is 15.7. The number of carbonyl (C=O) groups is 2. The maximum Gasteiger partial charge on any atom is 0.242 e. The summed E-state index contributed by atoms with van der Waals surface area (Å²) in [7, 11) is 1.64. The number of benzene rings is 1. The summed E-state index contributed by atoms with van der Waals surface area (Å²) < 4.78 is 0. The monoisotopic (exact) mass is 291 g/mol. The predicted octanol–water partition coefficient (Wildman–Crippen LogP) is 0.430. The Bertz CT molecular complexity index is 586. The Morgan fingerprint density at radius 3 is 2.60 bits per heavy atom. The average molecular weight is 291 g/mol. The van der Waals surface area contributed by atoms with Gasteiger partial charge in [0.25, 0.3) is 0 Å². The summed E-state index contributed by atoms with van der Waals surface area (Å²) in [6, 6.07) is 5.65. The number of piperazine rings is 1.